The largest absolute Gasteiger partial charge is 0.377 e. The number of rotatable bonds is 5. The van der Waals surface area contributed by atoms with Crippen LogP contribution < -0.4 is 5.32 Å². The van der Waals surface area contributed by atoms with Crippen LogP contribution in [0.25, 0.3) is 0 Å². The first-order valence-corrected chi connectivity index (χ1v) is 7.26. The monoisotopic (exact) mass is 252 g/mol. The number of hydrogen-bond donors (Lipinski definition) is 1. The van der Waals surface area contributed by atoms with Crippen molar-refractivity contribution in [3.05, 3.63) is 23.9 Å². The van der Waals surface area contributed by atoms with Crippen LogP contribution >= 0.6 is 11.8 Å². The van der Waals surface area contributed by atoms with Gasteiger partial charge in [0.1, 0.15) is 5.82 Å². The van der Waals surface area contributed by atoms with Crippen LogP contribution in [0, 0.1) is 0 Å². The lowest BCUT2D eigenvalue weighted by atomic mass is 10.3. The molecule has 2 rings (SSSR count). The highest BCUT2D eigenvalue weighted by atomic mass is 32.2. The summed E-state index contributed by atoms with van der Waals surface area (Å²) in [6, 6.07) is 4.20. The maximum Gasteiger partial charge on any atom is 0.125 e. The van der Waals surface area contributed by atoms with Gasteiger partial charge in [-0.25, -0.2) is 4.98 Å². The van der Waals surface area contributed by atoms with Crippen LogP contribution in [0.15, 0.2) is 18.3 Å². The van der Waals surface area contributed by atoms with Gasteiger partial charge in [0, 0.05) is 30.4 Å². The zero-order valence-corrected chi connectivity index (χ0v) is 11.3. The molecule has 17 heavy (non-hydrogen) atoms. The summed E-state index contributed by atoms with van der Waals surface area (Å²) in [6.07, 6.45) is 3.54. The van der Waals surface area contributed by atoms with Gasteiger partial charge < -0.3 is 10.1 Å². The van der Waals surface area contributed by atoms with E-state index in [4.69, 9.17) is 4.74 Å². The summed E-state index contributed by atoms with van der Waals surface area (Å²) in [4.78, 5) is 4.38. The van der Waals surface area contributed by atoms with Crippen molar-refractivity contribution in [2.45, 2.75) is 37.4 Å². The normalized spacial score (nSPS) is 23.9. The van der Waals surface area contributed by atoms with Crippen molar-refractivity contribution in [2.24, 2.45) is 0 Å². The zero-order chi connectivity index (χ0) is 12.1. The first-order chi connectivity index (χ1) is 8.29. The number of nitrogens with zero attached hydrogens (tertiary/aromatic N) is 1. The molecule has 0 saturated carbocycles. The number of ether oxygens (including phenoxy) is 1. The standard InChI is InChI=1S/C13H20N2OS/c1-3-14-13-5-4-11(8-15-13)9-17-12-6-7-16-10(12)2/h4-5,8,10,12H,3,6-7,9H2,1-2H3,(H,14,15). The summed E-state index contributed by atoms with van der Waals surface area (Å²) in [6.45, 7) is 6.07. The van der Waals surface area contributed by atoms with Gasteiger partial charge in [-0.3, -0.25) is 0 Å². The van der Waals surface area contributed by atoms with Crippen molar-refractivity contribution in [3.63, 3.8) is 0 Å². The molecule has 4 heteroatoms. The fourth-order valence-corrected chi connectivity index (χ4v) is 3.12. The Hall–Kier alpha value is -0.740. The molecule has 0 spiro atoms. The van der Waals surface area contributed by atoms with E-state index in [-0.39, 0.29) is 0 Å². The van der Waals surface area contributed by atoms with E-state index in [1.165, 1.54) is 12.0 Å². The van der Waals surface area contributed by atoms with Crippen molar-refractivity contribution in [1.82, 2.24) is 4.98 Å². The summed E-state index contributed by atoms with van der Waals surface area (Å²) in [7, 11) is 0. The number of aromatic nitrogens is 1. The first kappa shape index (κ1) is 12.7. The highest BCUT2D eigenvalue weighted by molar-refractivity contribution is 7.99. The molecule has 1 aromatic heterocycles. The SMILES string of the molecule is CCNc1ccc(CSC2CCOC2C)cn1. The van der Waals surface area contributed by atoms with Gasteiger partial charge in [0.15, 0.2) is 0 Å². The highest BCUT2D eigenvalue weighted by Gasteiger charge is 2.24. The van der Waals surface area contributed by atoms with Crippen LogP contribution in [0.4, 0.5) is 5.82 Å². The first-order valence-electron chi connectivity index (χ1n) is 6.21. The van der Waals surface area contributed by atoms with E-state index in [9.17, 15) is 0 Å². The molecule has 0 aromatic carbocycles. The lowest BCUT2D eigenvalue weighted by molar-refractivity contribution is 0.127. The molecule has 94 valence electrons. The van der Waals surface area contributed by atoms with Crippen molar-refractivity contribution >= 4 is 17.6 Å². The fraction of sp³-hybridized carbons (Fsp3) is 0.615. The van der Waals surface area contributed by atoms with Gasteiger partial charge in [0.25, 0.3) is 0 Å². The molecule has 1 aliphatic heterocycles. The van der Waals surface area contributed by atoms with Gasteiger partial charge in [-0.1, -0.05) is 6.07 Å². The average molecular weight is 252 g/mol. The minimum atomic E-state index is 0.397. The van der Waals surface area contributed by atoms with Crippen LogP contribution in [0.3, 0.4) is 0 Å². The molecular formula is C13H20N2OS. The number of hydrogen-bond acceptors (Lipinski definition) is 4. The molecule has 2 heterocycles. The van der Waals surface area contributed by atoms with Crippen molar-refractivity contribution in [2.75, 3.05) is 18.5 Å². The van der Waals surface area contributed by atoms with Crippen molar-refractivity contribution < 1.29 is 4.74 Å². The Morgan fingerprint density at radius 1 is 1.53 bits per heavy atom. The maximum absolute atomic E-state index is 5.56. The van der Waals surface area contributed by atoms with Gasteiger partial charge >= 0.3 is 0 Å². The summed E-state index contributed by atoms with van der Waals surface area (Å²) < 4.78 is 5.56. The predicted octanol–water partition coefficient (Wildman–Crippen LogP) is 2.92. The van der Waals surface area contributed by atoms with Crippen molar-refractivity contribution in [3.8, 4) is 0 Å². The molecule has 1 aliphatic rings. The van der Waals surface area contributed by atoms with E-state index in [2.05, 4.69) is 30.2 Å². The third kappa shape index (κ3) is 3.61. The Kier molecular flexibility index (Phi) is 4.68. The average Bonchev–Trinajstić information content (AvgIpc) is 2.75. The number of anilines is 1. The molecule has 0 radical (unpaired) electrons. The van der Waals surface area contributed by atoms with Crippen molar-refractivity contribution in [1.29, 1.82) is 0 Å². The molecule has 2 atom stereocenters. The third-order valence-corrected chi connectivity index (χ3v) is 4.50. The molecule has 2 unspecified atom stereocenters. The lowest BCUT2D eigenvalue weighted by Crippen LogP contribution is -2.13. The summed E-state index contributed by atoms with van der Waals surface area (Å²) in [5.74, 6) is 1.98. The quantitative estimate of drug-likeness (QED) is 0.873. The van der Waals surface area contributed by atoms with Gasteiger partial charge in [0.05, 0.1) is 6.10 Å². The van der Waals surface area contributed by atoms with Gasteiger partial charge in [0.2, 0.25) is 0 Å². The number of nitrogens with one attached hydrogen (secondary N) is 1. The van der Waals surface area contributed by atoms with E-state index in [0.29, 0.717) is 11.4 Å². The Bertz CT molecular complexity index is 342. The summed E-state index contributed by atoms with van der Waals surface area (Å²) in [5.41, 5.74) is 1.29. The Morgan fingerprint density at radius 3 is 3.00 bits per heavy atom. The minimum absolute atomic E-state index is 0.397. The Morgan fingerprint density at radius 2 is 2.41 bits per heavy atom. The maximum atomic E-state index is 5.56. The predicted molar refractivity (Wildman–Crippen MR) is 73.5 cm³/mol. The number of thioether (sulfide) groups is 1. The molecule has 1 aromatic rings. The van der Waals surface area contributed by atoms with E-state index in [0.717, 1.165) is 24.7 Å². The summed E-state index contributed by atoms with van der Waals surface area (Å²) in [5, 5.41) is 3.84. The van der Waals surface area contributed by atoms with Crippen LogP contribution in [0.1, 0.15) is 25.8 Å². The van der Waals surface area contributed by atoms with Crippen LogP contribution in [0.2, 0.25) is 0 Å². The smallest absolute Gasteiger partial charge is 0.125 e. The zero-order valence-electron chi connectivity index (χ0n) is 10.5. The van der Waals surface area contributed by atoms with E-state index in [1.54, 1.807) is 0 Å². The molecule has 3 nitrogen and oxygen atoms in total. The van der Waals surface area contributed by atoms with Crippen LogP contribution in [-0.4, -0.2) is 29.5 Å². The molecular weight excluding hydrogens is 232 g/mol. The van der Waals surface area contributed by atoms with E-state index < -0.39 is 0 Å². The second-order valence-corrected chi connectivity index (χ2v) is 5.52. The minimum Gasteiger partial charge on any atom is -0.377 e. The lowest BCUT2D eigenvalue weighted by Gasteiger charge is -2.13. The molecule has 0 amide bonds. The molecule has 0 aliphatic carbocycles. The third-order valence-electron chi connectivity index (χ3n) is 2.95. The highest BCUT2D eigenvalue weighted by Crippen LogP contribution is 2.28. The van der Waals surface area contributed by atoms with E-state index in [1.807, 2.05) is 24.0 Å². The van der Waals surface area contributed by atoms with Crippen LogP contribution in [0.5, 0.6) is 0 Å². The van der Waals surface area contributed by atoms with E-state index >= 15 is 0 Å². The second-order valence-electron chi connectivity index (χ2n) is 4.30. The Balaban J connectivity index is 1.82. The molecule has 0 bridgehead atoms. The molecule has 1 fully saturated rings. The molecule has 1 saturated heterocycles. The van der Waals surface area contributed by atoms with Crippen LogP contribution in [-0.2, 0) is 10.5 Å². The van der Waals surface area contributed by atoms with Gasteiger partial charge in [-0.2, -0.15) is 11.8 Å². The fourth-order valence-electron chi connectivity index (χ4n) is 1.93. The molecule has 1 N–H and O–H groups in total. The van der Waals surface area contributed by atoms with Gasteiger partial charge in [-0.05, 0) is 31.9 Å². The Labute approximate surface area is 107 Å². The topological polar surface area (TPSA) is 34.1 Å². The second kappa shape index (κ2) is 6.26. The number of pyridine rings is 1. The van der Waals surface area contributed by atoms with Gasteiger partial charge in [-0.15, -0.1) is 0 Å². The summed E-state index contributed by atoms with van der Waals surface area (Å²) >= 11 is 1.98.